The summed E-state index contributed by atoms with van der Waals surface area (Å²) in [7, 11) is 0. The Morgan fingerprint density at radius 2 is 2.13 bits per heavy atom. The average molecular weight is 206 g/mol. The summed E-state index contributed by atoms with van der Waals surface area (Å²) >= 11 is 0. The molecule has 3 rings (SSSR count). The molecule has 15 heavy (non-hydrogen) atoms. The van der Waals surface area contributed by atoms with Crippen molar-refractivity contribution in [2.75, 3.05) is 0 Å². The molecule has 2 fully saturated rings. The molecule has 5 atom stereocenters. The van der Waals surface area contributed by atoms with Crippen molar-refractivity contribution in [3.05, 3.63) is 12.2 Å². The second kappa shape index (κ2) is 3.10. The van der Waals surface area contributed by atoms with Gasteiger partial charge in [0.25, 0.3) is 0 Å². The van der Waals surface area contributed by atoms with Gasteiger partial charge in [-0.05, 0) is 48.3 Å². The lowest BCUT2D eigenvalue weighted by molar-refractivity contribution is -0.0969. The van der Waals surface area contributed by atoms with Crippen molar-refractivity contribution in [2.45, 2.75) is 45.6 Å². The highest BCUT2D eigenvalue weighted by atomic mass is 16.3. The third-order valence-corrected chi connectivity index (χ3v) is 5.46. The van der Waals surface area contributed by atoms with E-state index in [1.54, 1.807) is 0 Å². The van der Waals surface area contributed by atoms with Gasteiger partial charge in [-0.2, -0.15) is 0 Å². The molecule has 0 amide bonds. The van der Waals surface area contributed by atoms with Gasteiger partial charge in [-0.25, -0.2) is 0 Å². The summed E-state index contributed by atoms with van der Waals surface area (Å²) in [5.74, 6) is 2.48. The van der Waals surface area contributed by atoms with Crippen LogP contribution in [-0.4, -0.2) is 11.2 Å². The van der Waals surface area contributed by atoms with Crippen LogP contribution in [0.4, 0.5) is 0 Å². The van der Waals surface area contributed by atoms with E-state index in [9.17, 15) is 5.11 Å². The molecule has 4 bridgehead atoms. The van der Waals surface area contributed by atoms with E-state index in [1.807, 2.05) is 0 Å². The number of rotatable bonds is 1. The normalized spacial score (nSPS) is 52.5. The zero-order chi connectivity index (χ0) is 10.6. The van der Waals surface area contributed by atoms with Gasteiger partial charge < -0.3 is 5.11 Å². The zero-order valence-electron chi connectivity index (χ0n) is 9.82. The SMILES string of the molecule is CC(C)C12C=CC(C1)C1CCCC2C1O. The fourth-order valence-corrected chi connectivity index (χ4v) is 4.54. The molecular weight excluding hydrogens is 184 g/mol. The van der Waals surface area contributed by atoms with Gasteiger partial charge in [-0.15, -0.1) is 0 Å². The molecule has 5 unspecified atom stereocenters. The van der Waals surface area contributed by atoms with Crippen LogP contribution in [0.1, 0.15) is 39.5 Å². The fourth-order valence-electron chi connectivity index (χ4n) is 4.54. The lowest BCUT2D eigenvalue weighted by atomic mass is 9.53. The van der Waals surface area contributed by atoms with E-state index in [1.165, 1.54) is 25.7 Å². The molecule has 0 spiro atoms. The monoisotopic (exact) mass is 206 g/mol. The Kier molecular flexibility index (Phi) is 2.04. The van der Waals surface area contributed by atoms with Crippen molar-refractivity contribution in [2.24, 2.45) is 29.1 Å². The molecule has 3 aliphatic carbocycles. The van der Waals surface area contributed by atoms with Crippen molar-refractivity contribution < 1.29 is 5.11 Å². The molecule has 2 saturated carbocycles. The van der Waals surface area contributed by atoms with Crippen LogP contribution in [0.5, 0.6) is 0 Å². The van der Waals surface area contributed by atoms with Crippen molar-refractivity contribution in [3.63, 3.8) is 0 Å². The summed E-state index contributed by atoms with van der Waals surface area (Å²) in [6.45, 7) is 4.66. The molecule has 3 aliphatic rings. The molecule has 84 valence electrons. The van der Waals surface area contributed by atoms with Crippen LogP contribution < -0.4 is 0 Å². The molecule has 0 radical (unpaired) electrons. The fraction of sp³-hybridized carbons (Fsp3) is 0.857. The van der Waals surface area contributed by atoms with Crippen molar-refractivity contribution in [1.29, 1.82) is 0 Å². The molecule has 0 aromatic heterocycles. The van der Waals surface area contributed by atoms with E-state index in [2.05, 4.69) is 26.0 Å². The highest BCUT2D eigenvalue weighted by Gasteiger charge is 2.55. The van der Waals surface area contributed by atoms with Gasteiger partial charge in [0.15, 0.2) is 0 Å². The summed E-state index contributed by atoms with van der Waals surface area (Å²) in [4.78, 5) is 0. The maximum absolute atomic E-state index is 10.4. The summed E-state index contributed by atoms with van der Waals surface area (Å²) in [5, 5.41) is 10.4. The van der Waals surface area contributed by atoms with Gasteiger partial charge in [0.05, 0.1) is 6.10 Å². The number of allylic oxidation sites excluding steroid dienone is 2. The van der Waals surface area contributed by atoms with Gasteiger partial charge in [-0.1, -0.05) is 32.4 Å². The lowest BCUT2D eigenvalue weighted by Gasteiger charge is -2.52. The molecule has 1 nitrogen and oxygen atoms in total. The summed E-state index contributed by atoms with van der Waals surface area (Å²) < 4.78 is 0. The number of aliphatic hydroxyl groups is 1. The average Bonchev–Trinajstić information content (AvgIpc) is 2.59. The second-order valence-electron chi connectivity index (χ2n) is 6.19. The first-order valence-corrected chi connectivity index (χ1v) is 6.52. The van der Waals surface area contributed by atoms with Gasteiger partial charge in [0, 0.05) is 0 Å². The minimum Gasteiger partial charge on any atom is -0.392 e. The van der Waals surface area contributed by atoms with Gasteiger partial charge in [0.1, 0.15) is 0 Å². The molecule has 1 N–H and O–H groups in total. The van der Waals surface area contributed by atoms with Crippen LogP contribution in [-0.2, 0) is 0 Å². The van der Waals surface area contributed by atoms with Gasteiger partial charge in [-0.3, -0.25) is 0 Å². The van der Waals surface area contributed by atoms with Crippen LogP contribution in [0.25, 0.3) is 0 Å². The standard InChI is InChI=1S/C14H22O/c1-9(2)14-7-6-10(8-14)11-4-3-5-12(14)13(11)15/h6-7,9-13,15H,3-5,8H2,1-2H3. The Balaban J connectivity index is 2.02. The Hall–Kier alpha value is -0.300. The number of hydrogen-bond acceptors (Lipinski definition) is 1. The predicted molar refractivity (Wildman–Crippen MR) is 61.4 cm³/mol. The topological polar surface area (TPSA) is 20.2 Å². The van der Waals surface area contributed by atoms with E-state index in [4.69, 9.17) is 0 Å². The second-order valence-corrected chi connectivity index (χ2v) is 6.19. The van der Waals surface area contributed by atoms with Gasteiger partial charge >= 0.3 is 0 Å². The molecule has 0 saturated heterocycles. The third-order valence-electron chi connectivity index (χ3n) is 5.46. The summed E-state index contributed by atoms with van der Waals surface area (Å²) in [5.41, 5.74) is 0.334. The van der Waals surface area contributed by atoms with Crippen LogP contribution in [0, 0.1) is 29.1 Å². The minimum atomic E-state index is -0.0186. The van der Waals surface area contributed by atoms with Crippen molar-refractivity contribution in [1.82, 2.24) is 0 Å². The van der Waals surface area contributed by atoms with E-state index in [0.29, 0.717) is 29.1 Å². The van der Waals surface area contributed by atoms with Crippen LogP contribution in [0.3, 0.4) is 0 Å². The lowest BCUT2D eigenvalue weighted by Crippen LogP contribution is -2.51. The number of fused-ring (bicyclic) bond motifs is 6. The summed E-state index contributed by atoms with van der Waals surface area (Å²) in [6.07, 6.45) is 10.00. The maximum Gasteiger partial charge on any atom is 0.0610 e. The Bertz CT molecular complexity index is 294. The summed E-state index contributed by atoms with van der Waals surface area (Å²) in [6, 6.07) is 0. The van der Waals surface area contributed by atoms with E-state index < -0.39 is 0 Å². The Labute approximate surface area is 92.6 Å². The molecule has 0 aromatic rings. The third kappa shape index (κ3) is 1.13. The molecule has 0 aliphatic heterocycles. The highest BCUT2D eigenvalue weighted by molar-refractivity contribution is 5.21. The smallest absolute Gasteiger partial charge is 0.0610 e. The predicted octanol–water partition coefficient (Wildman–Crippen LogP) is 3.00. The zero-order valence-corrected chi connectivity index (χ0v) is 9.82. The molecule has 1 heteroatoms. The van der Waals surface area contributed by atoms with Crippen LogP contribution in [0.2, 0.25) is 0 Å². The van der Waals surface area contributed by atoms with Crippen LogP contribution >= 0.6 is 0 Å². The largest absolute Gasteiger partial charge is 0.392 e. The molecular formula is C14H22O. The first-order valence-electron chi connectivity index (χ1n) is 6.52. The van der Waals surface area contributed by atoms with Crippen molar-refractivity contribution >= 4 is 0 Å². The van der Waals surface area contributed by atoms with Crippen molar-refractivity contribution in [3.8, 4) is 0 Å². The molecule has 0 heterocycles. The Morgan fingerprint density at radius 3 is 2.87 bits per heavy atom. The first kappa shape index (κ1) is 9.89. The highest BCUT2D eigenvalue weighted by Crippen LogP contribution is 2.60. The van der Waals surface area contributed by atoms with E-state index >= 15 is 0 Å². The number of aliphatic hydroxyl groups excluding tert-OH is 1. The Morgan fingerprint density at radius 1 is 1.33 bits per heavy atom. The first-order chi connectivity index (χ1) is 7.15. The van der Waals surface area contributed by atoms with Crippen LogP contribution in [0.15, 0.2) is 12.2 Å². The minimum absolute atomic E-state index is 0.0186. The van der Waals surface area contributed by atoms with Gasteiger partial charge in [0.2, 0.25) is 0 Å². The van der Waals surface area contributed by atoms with E-state index in [0.717, 1.165) is 0 Å². The molecule has 0 aromatic carbocycles. The maximum atomic E-state index is 10.4. The van der Waals surface area contributed by atoms with E-state index in [-0.39, 0.29) is 6.10 Å². The number of hydrogen-bond donors (Lipinski definition) is 1. The quantitative estimate of drug-likeness (QED) is 0.654.